The summed E-state index contributed by atoms with van der Waals surface area (Å²) in [6, 6.07) is -5.52. The first-order chi connectivity index (χ1) is 58.7. The van der Waals surface area contributed by atoms with Crippen molar-refractivity contribution >= 4 is 141 Å². The second-order valence-corrected chi connectivity index (χ2v) is 29.7. The van der Waals surface area contributed by atoms with E-state index in [1.807, 2.05) is 16.0 Å². The average Bonchev–Trinajstić information content (AvgIpc) is 1.64. The van der Waals surface area contributed by atoms with Crippen LogP contribution in [-0.2, 0) is 97.5 Å². The number of ether oxygens (including phenoxy) is 1. The molecule has 1 fully saturated rings. The standard InChI is InChI=1S/C80H110N18O26/c1-6-7-8-9-10-11-12-23-61(103)90-53(31-44-36-85-50-21-16-14-18-45(44)50)75(118)94-54(33-60(83)102)76(119)92-52(26-28-99)73(116)98-68-43(5)124-80(123)57(32-59(101)46-19-13-15-20-48(46)81)96-79(122)67(41(3)30-64(106)107)97-77(120)58(39-100)91-63(105)37-86-71(114)55(34-65(108)109)93-69(112)42(4)88-74(117)56(35-66(110)111)95-72(115)51(89-62(104)38-87-78(68)121)22-17-27-84-70(113)47-29-40(2)24-25-49(47)82/h13-16,18-21,24-25,29,36,41-43,51-58,67-68,85,99-100H,6-12,17,22-23,26-28,30-35,37-39,81-82H2,1-5H3,(H2,83,102)(H,84,113)(H,86,114)(H,87,121)(H,88,117)(H,89,104)(H,90,103)(H,91,105)(H,92,119)(H,93,112)(H,94,118)(H,95,115)(H,96,122)(H,97,120)(H,98,116)(H,106,107)(H,108,109)(H,110,111)/t41-,42-,43-,51+,52+,53+,54+,55+,56+,57+,58-,67+,68+/m1/s1. The summed E-state index contributed by atoms with van der Waals surface area (Å²) in [7, 11) is 0. The molecule has 2 heterocycles. The predicted octanol–water partition coefficient (Wildman–Crippen LogP) is -4.35. The number of unbranched alkanes of at least 4 members (excludes halogenated alkanes) is 6. The Labute approximate surface area is 710 Å². The molecule has 0 unspecified atom stereocenters. The molecule has 0 spiro atoms. The summed E-state index contributed by atoms with van der Waals surface area (Å²) in [5, 5.41) is 82.6. The highest BCUT2D eigenvalue weighted by Crippen LogP contribution is 2.22. The molecule has 26 N–H and O–H groups in total. The number of nitrogens with one attached hydrogen (secondary N) is 15. The summed E-state index contributed by atoms with van der Waals surface area (Å²) in [5.41, 5.74) is 19.3. The number of aliphatic hydroxyl groups is 2. The number of primary amides is 1. The number of aliphatic hydroxyl groups excluding tert-OH is 2. The Hall–Kier alpha value is -13.7. The quantitative estimate of drug-likeness (QED) is 0.00878. The Morgan fingerprint density at radius 2 is 1.13 bits per heavy atom. The molecule has 0 aliphatic carbocycles. The van der Waals surface area contributed by atoms with E-state index in [0.29, 0.717) is 34.9 Å². The van der Waals surface area contributed by atoms with Gasteiger partial charge in [0.2, 0.25) is 82.7 Å². The number of rotatable bonds is 37. The van der Waals surface area contributed by atoms with Crippen LogP contribution in [0.3, 0.4) is 0 Å². The average molecular weight is 1740 g/mol. The van der Waals surface area contributed by atoms with Crippen molar-refractivity contribution in [1.29, 1.82) is 0 Å². The number of para-hydroxylation sites is 2. The van der Waals surface area contributed by atoms with Gasteiger partial charge in [-0.1, -0.05) is 94.3 Å². The summed E-state index contributed by atoms with van der Waals surface area (Å²) < 4.78 is 5.77. The van der Waals surface area contributed by atoms with Crippen LogP contribution in [0.1, 0.15) is 162 Å². The molecule has 44 nitrogen and oxygen atoms in total. The molecule has 676 valence electrons. The number of nitrogen functional groups attached to an aromatic ring is 2. The highest BCUT2D eigenvalue weighted by Gasteiger charge is 2.41. The van der Waals surface area contributed by atoms with Crippen LogP contribution in [0.4, 0.5) is 11.4 Å². The Balaban J connectivity index is 1.63. The molecule has 0 radical (unpaired) electrons. The number of nitrogens with two attached hydrogens (primary N) is 3. The maximum absolute atomic E-state index is 15.0. The summed E-state index contributed by atoms with van der Waals surface area (Å²) in [4.78, 5) is 280. The van der Waals surface area contributed by atoms with Gasteiger partial charge in [-0.25, -0.2) is 4.79 Å². The predicted molar refractivity (Wildman–Crippen MR) is 439 cm³/mol. The Bertz CT molecular complexity index is 4540. The van der Waals surface area contributed by atoms with Crippen molar-refractivity contribution in [2.75, 3.05) is 44.3 Å². The summed E-state index contributed by atoms with van der Waals surface area (Å²) >= 11 is 0. The molecule has 1 saturated heterocycles. The molecule has 1 aliphatic heterocycles. The molecule has 3 aromatic carbocycles. The molecule has 1 aliphatic rings. The normalized spacial score (nSPS) is 20.5. The van der Waals surface area contributed by atoms with Crippen LogP contribution < -0.4 is 91.6 Å². The fraction of sp³-hybridized carbons (Fsp3) is 0.500. The number of amides is 15. The molecule has 5 rings (SSSR count). The number of aromatic amines is 1. The van der Waals surface area contributed by atoms with Gasteiger partial charge >= 0.3 is 23.9 Å². The smallest absolute Gasteiger partial charge is 0.329 e. The molecule has 1 aromatic heterocycles. The van der Waals surface area contributed by atoms with E-state index in [0.717, 1.165) is 52.9 Å². The van der Waals surface area contributed by atoms with Gasteiger partial charge in [0.25, 0.3) is 5.91 Å². The first kappa shape index (κ1) is 101. The van der Waals surface area contributed by atoms with E-state index in [2.05, 4.69) is 70.4 Å². The number of aliphatic carboxylic acids is 3. The minimum atomic E-state index is -2.38. The number of hydrogen-bond acceptors (Lipinski definition) is 25. The number of ketones is 1. The third-order valence-corrected chi connectivity index (χ3v) is 19.6. The van der Waals surface area contributed by atoms with E-state index in [9.17, 15) is 121 Å². The van der Waals surface area contributed by atoms with Crippen molar-refractivity contribution in [2.24, 2.45) is 11.7 Å². The second-order valence-electron chi connectivity index (χ2n) is 29.7. The lowest BCUT2D eigenvalue weighted by molar-refractivity contribution is -0.156. The zero-order valence-electron chi connectivity index (χ0n) is 69.0. The number of anilines is 2. The number of hydrogen-bond donors (Lipinski definition) is 23. The van der Waals surface area contributed by atoms with E-state index in [1.165, 1.54) is 36.4 Å². The number of aromatic nitrogens is 1. The Morgan fingerprint density at radius 1 is 0.556 bits per heavy atom. The van der Waals surface area contributed by atoms with Crippen LogP contribution in [0.2, 0.25) is 0 Å². The van der Waals surface area contributed by atoms with Gasteiger partial charge in [-0.2, -0.15) is 0 Å². The maximum atomic E-state index is 15.0. The third-order valence-electron chi connectivity index (χ3n) is 19.6. The number of fused-ring (bicyclic) bond motifs is 1. The second kappa shape index (κ2) is 50.5. The molecule has 0 saturated carbocycles. The van der Waals surface area contributed by atoms with Crippen LogP contribution in [0.15, 0.2) is 72.9 Å². The number of carboxylic acid groups (broad SMARTS) is 3. The number of carboxylic acids is 3. The lowest BCUT2D eigenvalue weighted by Crippen LogP contribution is -2.61. The van der Waals surface area contributed by atoms with Crippen molar-refractivity contribution in [1.82, 2.24) is 79.4 Å². The Morgan fingerprint density at radius 3 is 1.77 bits per heavy atom. The van der Waals surface area contributed by atoms with Gasteiger partial charge in [0.05, 0.1) is 50.9 Å². The molecule has 0 bridgehead atoms. The number of benzene rings is 3. The molecule has 13 atom stereocenters. The van der Waals surface area contributed by atoms with E-state index in [1.54, 1.807) is 43.5 Å². The number of Topliss-reactive ketones (excluding diaryl/α,β-unsaturated/α-hetero) is 1. The van der Waals surface area contributed by atoms with Crippen LogP contribution in [0.25, 0.3) is 10.9 Å². The van der Waals surface area contributed by atoms with Gasteiger partial charge in [-0.3, -0.25) is 91.1 Å². The van der Waals surface area contributed by atoms with Crippen molar-refractivity contribution in [3.05, 3.63) is 95.2 Å². The van der Waals surface area contributed by atoms with Crippen LogP contribution in [-0.4, -0.2) is 254 Å². The van der Waals surface area contributed by atoms with Crippen LogP contribution in [0, 0.1) is 12.8 Å². The van der Waals surface area contributed by atoms with E-state index >= 15 is 0 Å². The van der Waals surface area contributed by atoms with Gasteiger partial charge in [0.15, 0.2) is 5.78 Å². The Kier molecular flexibility index (Phi) is 41.1. The van der Waals surface area contributed by atoms with Gasteiger partial charge < -0.3 is 127 Å². The van der Waals surface area contributed by atoms with Gasteiger partial charge in [0, 0.05) is 66.5 Å². The number of cyclic esters (lactones) is 1. The SMILES string of the molecule is CCCCCCCCCC(=O)N[C@@H](Cc1c[nH]c2ccccc12)C(=O)N[C@@H](CC(N)=O)C(=O)N[C@@H](CCO)C(=O)N[C@@H]1C(=O)NCC(=O)N[C@@H](CCCNC(=O)c2cc(C)ccc2N)C(=O)N[C@@H](CC(=O)O)C(=O)N[C@H](C)C(=O)N[C@@H](CC(=O)O)C(=O)NCC(=O)N[C@H](CO)C(=O)N[C@@H]([C@H](C)CC(=O)O)C(=O)N[C@@H](CC(=O)c2ccccc2N)C(=O)O[C@@H]1C. The highest BCUT2D eigenvalue weighted by atomic mass is 16.5. The fourth-order valence-corrected chi connectivity index (χ4v) is 12.9. The third kappa shape index (κ3) is 33.4. The highest BCUT2D eigenvalue weighted by molar-refractivity contribution is 6.05. The topological polar surface area (TPSA) is 714 Å². The molecular formula is C80H110N18O26. The number of aryl methyl sites for hydroxylation is 1. The molecule has 4 aromatic rings. The minimum Gasteiger partial charge on any atom is -0.481 e. The van der Waals surface area contributed by atoms with Gasteiger partial charge in [-0.05, 0) is 88.3 Å². The van der Waals surface area contributed by atoms with Crippen molar-refractivity contribution in [3.8, 4) is 0 Å². The van der Waals surface area contributed by atoms with E-state index in [4.69, 9.17) is 21.9 Å². The fourth-order valence-electron chi connectivity index (χ4n) is 12.9. The maximum Gasteiger partial charge on any atom is 0.329 e. The minimum absolute atomic E-state index is 0.00198. The lowest BCUT2D eigenvalue weighted by Gasteiger charge is -2.30. The number of carbonyl (C=O) groups excluding carboxylic acids is 17. The van der Waals surface area contributed by atoms with Gasteiger partial charge in [0.1, 0.15) is 72.6 Å². The first-order valence-electron chi connectivity index (χ1n) is 40.0. The zero-order valence-corrected chi connectivity index (χ0v) is 69.0. The molecule has 15 amide bonds. The van der Waals surface area contributed by atoms with Crippen LogP contribution in [0.5, 0.6) is 0 Å². The molecular weight excluding hydrogens is 1630 g/mol. The first-order valence-corrected chi connectivity index (χ1v) is 40.0. The monoisotopic (exact) mass is 1740 g/mol. The molecule has 44 heteroatoms. The van der Waals surface area contributed by atoms with Crippen molar-refractivity contribution < 1.29 is 126 Å². The summed E-state index contributed by atoms with van der Waals surface area (Å²) in [6.07, 6.45) is -1.73. The summed E-state index contributed by atoms with van der Waals surface area (Å²) in [6.45, 7) is 1.76. The number of H-pyrrole nitrogens is 1. The largest absolute Gasteiger partial charge is 0.481 e. The van der Waals surface area contributed by atoms with Gasteiger partial charge in [-0.15, -0.1) is 0 Å². The lowest BCUT2D eigenvalue weighted by atomic mass is 9.96. The van der Waals surface area contributed by atoms with Crippen molar-refractivity contribution in [3.63, 3.8) is 0 Å². The number of esters is 1. The number of carbonyl (C=O) groups is 20. The zero-order chi connectivity index (χ0) is 92.0. The van der Waals surface area contributed by atoms with E-state index < -0.39 is 268 Å². The molecule has 124 heavy (non-hydrogen) atoms. The van der Waals surface area contributed by atoms with Crippen LogP contribution >= 0.6 is 0 Å². The van der Waals surface area contributed by atoms with Crippen molar-refractivity contribution in [2.45, 2.75) is 216 Å². The van der Waals surface area contributed by atoms with E-state index in [-0.39, 0.29) is 48.3 Å². The summed E-state index contributed by atoms with van der Waals surface area (Å²) in [5.74, 6) is -28.2.